The van der Waals surface area contributed by atoms with Crippen LogP contribution in [-0.4, -0.2) is 40.0 Å². The molecule has 0 heterocycles. The number of benzene rings is 1. The smallest absolute Gasteiger partial charge is 0.240 e. The zero-order chi connectivity index (χ0) is 14.6. The molecular formula is C12H22N4O2S. The zero-order valence-corrected chi connectivity index (χ0v) is 12.4. The molecular weight excluding hydrogens is 264 g/mol. The Morgan fingerprint density at radius 2 is 2.00 bits per heavy atom. The van der Waals surface area contributed by atoms with E-state index in [9.17, 15) is 8.42 Å². The average Bonchev–Trinajstić information content (AvgIpc) is 2.24. The van der Waals surface area contributed by atoms with Gasteiger partial charge in [0.2, 0.25) is 10.0 Å². The van der Waals surface area contributed by atoms with Gasteiger partial charge in [0, 0.05) is 11.7 Å². The summed E-state index contributed by atoms with van der Waals surface area (Å²) >= 11 is 0. The van der Waals surface area contributed by atoms with Gasteiger partial charge in [0.1, 0.15) is 4.90 Å². The van der Waals surface area contributed by atoms with Crippen LogP contribution in [0.2, 0.25) is 0 Å². The summed E-state index contributed by atoms with van der Waals surface area (Å²) in [5.41, 5.74) is 6.65. The van der Waals surface area contributed by atoms with Gasteiger partial charge in [-0.3, -0.25) is 0 Å². The lowest BCUT2D eigenvalue weighted by atomic mass is 10.2. The minimum atomic E-state index is -3.76. The van der Waals surface area contributed by atoms with Crippen molar-refractivity contribution in [1.82, 2.24) is 4.90 Å². The highest BCUT2D eigenvalue weighted by molar-refractivity contribution is 7.89. The van der Waals surface area contributed by atoms with E-state index in [1.807, 2.05) is 14.1 Å². The van der Waals surface area contributed by atoms with Crippen LogP contribution < -0.4 is 16.2 Å². The second kappa shape index (κ2) is 6.23. The molecule has 0 aliphatic rings. The van der Waals surface area contributed by atoms with E-state index < -0.39 is 10.0 Å². The zero-order valence-electron chi connectivity index (χ0n) is 11.6. The van der Waals surface area contributed by atoms with Crippen molar-refractivity contribution in [2.75, 3.05) is 31.7 Å². The van der Waals surface area contributed by atoms with Crippen molar-refractivity contribution >= 4 is 21.4 Å². The van der Waals surface area contributed by atoms with Crippen LogP contribution in [0.25, 0.3) is 0 Å². The molecule has 1 aromatic rings. The SMILES string of the molecule is CC(CCN(C)C)Nc1ccc(S(N)(=O)=O)c(N)c1. The normalized spacial score (nSPS) is 13.5. The maximum atomic E-state index is 11.2. The monoisotopic (exact) mass is 286 g/mol. The molecule has 0 aromatic heterocycles. The van der Waals surface area contributed by atoms with E-state index in [4.69, 9.17) is 10.9 Å². The van der Waals surface area contributed by atoms with Crippen molar-refractivity contribution in [3.63, 3.8) is 0 Å². The summed E-state index contributed by atoms with van der Waals surface area (Å²) in [6.07, 6.45) is 0.976. The van der Waals surface area contributed by atoms with Gasteiger partial charge in [0.15, 0.2) is 0 Å². The average molecular weight is 286 g/mol. The van der Waals surface area contributed by atoms with E-state index in [1.54, 1.807) is 12.1 Å². The Kier molecular flexibility index (Phi) is 5.16. The molecule has 0 aliphatic carbocycles. The van der Waals surface area contributed by atoms with E-state index in [0.29, 0.717) is 0 Å². The summed E-state index contributed by atoms with van der Waals surface area (Å²) < 4.78 is 22.5. The van der Waals surface area contributed by atoms with Gasteiger partial charge in [-0.05, 0) is 52.2 Å². The fourth-order valence-electron chi connectivity index (χ4n) is 1.71. The largest absolute Gasteiger partial charge is 0.398 e. The Bertz CT molecular complexity index is 529. The fourth-order valence-corrected chi connectivity index (χ4v) is 2.35. The first-order valence-corrected chi connectivity index (χ1v) is 7.58. The van der Waals surface area contributed by atoms with Crippen LogP contribution in [0.4, 0.5) is 11.4 Å². The van der Waals surface area contributed by atoms with E-state index >= 15 is 0 Å². The fraction of sp³-hybridized carbons (Fsp3) is 0.500. The van der Waals surface area contributed by atoms with Crippen molar-refractivity contribution < 1.29 is 8.42 Å². The number of primary sulfonamides is 1. The molecule has 0 bridgehead atoms. The third-order valence-corrected chi connectivity index (χ3v) is 3.72. The number of rotatable bonds is 6. The van der Waals surface area contributed by atoms with Crippen LogP contribution in [0.15, 0.2) is 23.1 Å². The van der Waals surface area contributed by atoms with E-state index in [1.165, 1.54) is 6.07 Å². The van der Waals surface area contributed by atoms with Crippen LogP contribution in [0.3, 0.4) is 0 Å². The second-order valence-electron chi connectivity index (χ2n) is 4.93. The predicted molar refractivity (Wildman–Crippen MR) is 78.5 cm³/mol. The first-order valence-electron chi connectivity index (χ1n) is 6.03. The Morgan fingerprint density at radius 3 is 2.47 bits per heavy atom. The first kappa shape index (κ1) is 15.7. The molecule has 0 saturated carbocycles. The summed E-state index contributed by atoms with van der Waals surface area (Å²) in [6.45, 7) is 3.03. The molecule has 5 N–H and O–H groups in total. The van der Waals surface area contributed by atoms with Gasteiger partial charge < -0.3 is 16.0 Å². The number of nitrogens with two attached hydrogens (primary N) is 2. The van der Waals surface area contributed by atoms with Gasteiger partial charge in [-0.25, -0.2) is 13.6 Å². The molecule has 7 heteroatoms. The minimum Gasteiger partial charge on any atom is -0.398 e. The number of hydrogen-bond acceptors (Lipinski definition) is 5. The van der Waals surface area contributed by atoms with E-state index in [-0.39, 0.29) is 16.6 Å². The summed E-state index contributed by atoms with van der Waals surface area (Å²) in [4.78, 5) is 2.07. The lowest BCUT2D eigenvalue weighted by Crippen LogP contribution is -2.23. The molecule has 0 fully saturated rings. The minimum absolute atomic E-state index is 0.0426. The summed E-state index contributed by atoms with van der Waals surface area (Å²) in [7, 11) is 0.279. The van der Waals surface area contributed by atoms with Crippen molar-refractivity contribution in [1.29, 1.82) is 0 Å². The summed E-state index contributed by atoms with van der Waals surface area (Å²) in [5.74, 6) is 0. The number of hydrogen-bond donors (Lipinski definition) is 3. The lowest BCUT2D eigenvalue weighted by Gasteiger charge is -2.18. The van der Waals surface area contributed by atoms with E-state index in [2.05, 4.69) is 17.1 Å². The number of nitrogens with zero attached hydrogens (tertiary/aromatic N) is 1. The van der Waals surface area contributed by atoms with Crippen molar-refractivity contribution in [2.24, 2.45) is 5.14 Å². The molecule has 0 aliphatic heterocycles. The predicted octanol–water partition coefficient (Wildman–Crippen LogP) is 0.668. The highest BCUT2D eigenvalue weighted by Gasteiger charge is 2.12. The molecule has 0 radical (unpaired) electrons. The van der Waals surface area contributed by atoms with Crippen LogP contribution in [0.5, 0.6) is 0 Å². The van der Waals surface area contributed by atoms with Gasteiger partial charge in [-0.15, -0.1) is 0 Å². The van der Waals surface area contributed by atoms with Gasteiger partial charge >= 0.3 is 0 Å². The molecule has 1 atom stereocenters. The van der Waals surface area contributed by atoms with Crippen LogP contribution in [0, 0.1) is 0 Å². The molecule has 1 aromatic carbocycles. The van der Waals surface area contributed by atoms with Crippen molar-refractivity contribution in [3.8, 4) is 0 Å². The number of anilines is 2. The molecule has 19 heavy (non-hydrogen) atoms. The molecule has 0 amide bonds. The first-order chi connectivity index (χ1) is 8.70. The third kappa shape index (κ3) is 5.06. The number of nitrogen functional groups attached to an aromatic ring is 1. The van der Waals surface area contributed by atoms with Crippen LogP contribution >= 0.6 is 0 Å². The molecule has 108 valence electrons. The molecule has 1 rings (SSSR count). The Labute approximate surface area is 114 Å². The molecule has 6 nitrogen and oxygen atoms in total. The van der Waals surface area contributed by atoms with Crippen LogP contribution in [-0.2, 0) is 10.0 Å². The Hall–Kier alpha value is -1.31. The molecule has 0 saturated heterocycles. The van der Waals surface area contributed by atoms with Gasteiger partial charge in [-0.2, -0.15) is 0 Å². The third-order valence-electron chi connectivity index (χ3n) is 2.74. The Morgan fingerprint density at radius 1 is 1.37 bits per heavy atom. The molecule has 0 spiro atoms. The topological polar surface area (TPSA) is 101 Å². The van der Waals surface area contributed by atoms with Crippen LogP contribution in [0.1, 0.15) is 13.3 Å². The van der Waals surface area contributed by atoms with E-state index in [0.717, 1.165) is 18.7 Å². The second-order valence-corrected chi connectivity index (χ2v) is 6.46. The summed E-state index contributed by atoms with van der Waals surface area (Å²) in [5, 5.41) is 8.33. The van der Waals surface area contributed by atoms with Crippen molar-refractivity contribution in [2.45, 2.75) is 24.3 Å². The number of sulfonamides is 1. The maximum Gasteiger partial charge on any atom is 0.240 e. The van der Waals surface area contributed by atoms with Crippen molar-refractivity contribution in [3.05, 3.63) is 18.2 Å². The molecule has 1 unspecified atom stereocenters. The maximum absolute atomic E-state index is 11.2. The van der Waals surface area contributed by atoms with Gasteiger partial charge in [0.25, 0.3) is 0 Å². The Balaban J connectivity index is 2.74. The highest BCUT2D eigenvalue weighted by atomic mass is 32.2. The summed E-state index contributed by atoms with van der Waals surface area (Å²) in [6, 6.07) is 4.95. The number of nitrogens with one attached hydrogen (secondary N) is 1. The quantitative estimate of drug-likeness (QED) is 0.667. The standard InChI is InChI=1S/C12H22N4O2S/c1-9(6-7-16(2)3)15-10-4-5-12(11(13)8-10)19(14,17)18/h4-5,8-9,15H,6-7,13H2,1-3H3,(H2,14,17,18). The highest BCUT2D eigenvalue weighted by Crippen LogP contribution is 2.22. The van der Waals surface area contributed by atoms with Gasteiger partial charge in [-0.1, -0.05) is 0 Å². The lowest BCUT2D eigenvalue weighted by molar-refractivity contribution is 0.390. The van der Waals surface area contributed by atoms with Gasteiger partial charge in [0.05, 0.1) is 5.69 Å².